The molecule has 2 nitrogen and oxygen atoms in total. The minimum absolute atomic E-state index is 0.0427. The number of carbonyl (C=O) groups excluding carboxylic acids is 1. The van der Waals surface area contributed by atoms with Gasteiger partial charge in [0.1, 0.15) is 5.58 Å². The van der Waals surface area contributed by atoms with Crippen LogP contribution in [0.1, 0.15) is 38.4 Å². The molecule has 1 heterocycles. The number of fused-ring (bicyclic) bond motifs is 1. The van der Waals surface area contributed by atoms with Crippen LogP contribution < -0.4 is 0 Å². The van der Waals surface area contributed by atoms with Gasteiger partial charge in [0.05, 0.1) is 0 Å². The van der Waals surface area contributed by atoms with Gasteiger partial charge in [-0.2, -0.15) is 0 Å². The van der Waals surface area contributed by atoms with Crippen molar-refractivity contribution in [2.75, 3.05) is 0 Å². The van der Waals surface area contributed by atoms with Gasteiger partial charge in [0.15, 0.2) is 5.76 Å². The van der Waals surface area contributed by atoms with Crippen LogP contribution in [0.2, 0.25) is 0 Å². The Morgan fingerprint density at radius 1 is 0.905 bits per heavy atom. The summed E-state index contributed by atoms with van der Waals surface area (Å²) in [7, 11) is 0. The van der Waals surface area contributed by atoms with Crippen molar-refractivity contribution in [1.29, 1.82) is 0 Å². The molecule has 0 aliphatic carbocycles. The second-order valence-corrected chi connectivity index (χ2v) is 5.70. The van der Waals surface area contributed by atoms with Gasteiger partial charge in [0, 0.05) is 16.5 Å². The zero-order chi connectivity index (χ0) is 15.1. The monoisotopic (exact) mass is 278 g/mol. The van der Waals surface area contributed by atoms with Gasteiger partial charge in [-0.15, -0.1) is 0 Å². The maximum Gasteiger partial charge on any atom is 0.228 e. The normalized spacial score (nSPS) is 11.0. The Morgan fingerprint density at radius 2 is 1.57 bits per heavy atom. The standard InChI is InChI=1S/C19H18O2/c1-11-5-7-15(13(3)9-11)18(20)19-14(4)16-10-12(2)6-8-17(16)21-19/h5-10H,1-4H3. The SMILES string of the molecule is Cc1ccc(C(=O)c2oc3ccc(C)cc3c2C)c(C)c1. The Kier molecular flexibility index (Phi) is 3.17. The molecule has 21 heavy (non-hydrogen) atoms. The maximum atomic E-state index is 12.8. The van der Waals surface area contributed by atoms with E-state index in [0.717, 1.165) is 33.2 Å². The molecule has 0 atom stereocenters. The van der Waals surface area contributed by atoms with Crippen molar-refractivity contribution in [1.82, 2.24) is 0 Å². The molecule has 0 radical (unpaired) electrons. The van der Waals surface area contributed by atoms with Crippen LogP contribution in [-0.2, 0) is 0 Å². The van der Waals surface area contributed by atoms with Crippen molar-refractivity contribution < 1.29 is 9.21 Å². The lowest BCUT2D eigenvalue weighted by Crippen LogP contribution is -2.04. The molecule has 3 rings (SSSR count). The fraction of sp³-hybridized carbons (Fsp3) is 0.211. The van der Waals surface area contributed by atoms with Crippen LogP contribution in [0, 0.1) is 27.7 Å². The van der Waals surface area contributed by atoms with Gasteiger partial charge in [-0.25, -0.2) is 0 Å². The Balaban J connectivity index is 2.15. The minimum Gasteiger partial charge on any atom is -0.452 e. The highest BCUT2D eigenvalue weighted by atomic mass is 16.3. The molecule has 0 aliphatic heterocycles. The lowest BCUT2D eigenvalue weighted by Gasteiger charge is -2.04. The summed E-state index contributed by atoms with van der Waals surface area (Å²) in [6.07, 6.45) is 0. The fourth-order valence-electron chi connectivity index (χ4n) is 2.74. The molecule has 0 N–H and O–H groups in total. The van der Waals surface area contributed by atoms with E-state index in [2.05, 4.69) is 6.07 Å². The van der Waals surface area contributed by atoms with Gasteiger partial charge in [0.2, 0.25) is 5.78 Å². The lowest BCUT2D eigenvalue weighted by atomic mass is 9.99. The second-order valence-electron chi connectivity index (χ2n) is 5.70. The topological polar surface area (TPSA) is 30.2 Å². The quantitative estimate of drug-likeness (QED) is 0.624. The van der Waals surface area contributed by atoms with Gasteiger partial charge in [-0.3, -0.25) is 4.79 Å². The summed E-state index contributed by atoms with van der Waals surface area (Å²) < 4.78 is 5.81. The predicted molar refractivity (Wildman–Crippen MR) is 85.0 cm³/mol. The van der Waals surface area contributed by atoms with Crippen LogP contribution in [0.15, 0.2) is 40.8 Å². The van der Waals surface area contributed by atoms with Gasteiger partial charge in [-0.1, -0.05) is 35.4 Å². The van der Waals surface area contributed by atoms with Crippen molar-refractivity contribution in [3.05, 3.63) is 70.0 Å². The summed E-state index contributed by atoms with van der Waals surface area (Å²) in [5.74, 6) is 0.404. The van der Waals surface area contributed by atoms with E-state index in [9.17, 15) is 4.79 Å². The van der Waals surface area contributed by atoms with Crippen molar-refractivity contribution >= 4 is 16.8 Å². The van der Waals surface area contributed by atoms with Crippen molar-refractivity contribution in [2.24, 2.45) is 0 Å². The Morgan fingerprint density at radius 3 is 2.29 bits per heavy atom. The average Bonchev–Trinajstić information content (AvgIpc) is 2.75. The number of hydrogen-bond donors (Lipinski definition) is 0. The van der Waals surface area contributed by atoms with Crippen LogP contribution >= 0.6 is 0 Å². The highest BCUT2D eigenvalue weighted by Gasteiger charge is 2.20. The summed E-state index contributed by atoms with van der Waals surface area (Å²) in [5, 5.41) is 1.02. The van der Waals surface area contributed by atoms with Crippen LogP contribution in [0.5, 0.6) is 0 Å². The van der Waals surface area contributed by atoms with Crippen molar-refractivity contribution in [3.63, 3.8) is 0 Å². The highest BCUT2D eigenvalue weighted by Crippen LogP contribution is 2.28. The number of carbonyl (C=O) groups is 1. The Bertz CT molecular complexity index is 853. The molecule has 1 aromatic heterocycles. The van der Waals surface area contributed by atoms with Gasteiger partial charge in [-0.05, 0) is 45.4 Å². The van der Waals surface area contributed by atoms with Crippen molar-refractivity contribution in [2.45, 2.75) is 27.7 Å². The first-order chi connectivity index (χ1) is 9.97. The molecule has 0 spiro atoms. The molecule has 0 unspecified atom stereocenters. The van der Waals surface area contributed by atoms with Crippen LogP contribution in [0.25, 0.3) is 11.0 Å². The Hall–Kier alpha value is -2.35. The molecule has 0 amide bonds. The second kappa shape index (κ2) is 4.88. The highest BCUT2D eigenvalue weighted by molar-refractivity contribution is 6.11. The molecule has 3 aromatic rings. The molecule has 0 saturated heterocycles. The first-order valence-corrected chi connectivity index (χ1v) is 7.09. The molecular weight excluding hydrogens is 260 g/mol. The number of rotatable bonds is 2. The first kappa shape index (κ1) is 13.6. The summed E-state index contributed by atoms with van der Waals surface area (Å²) >= 11 is 0. The summed E-state index contributed by atoms with van der Waals surface area (Å²) in [5.41, 5.74) is 5.69. The number of aryl methyl sites for hydroxylation is 4. The van der Waals surface area contributed by atoms with Crippen LogP contribution in [-0.4, -0.2) is 5.78 Å². The molecule has 0 bridgehead atoms. The summed E-state index contributed by atoms with van der Waals surface area (Å²) in [6.45, 7) is 7.97. The average molecular weight is 278 g/mol. The third-order valence-electron chi connectivity index (χ3n) is 3.92. The van der Waals surface area contributed by atoms with E-state index in [-0.39, 0.29) is 5.78 Å². The zero-order valence-electron chi connectivity index (χ0n) is 12.8. The summed E-state index contributed by atoms with van der Waals surface area (Å²) in [4.78, 5) is 12.8. The van der Waals surface area contributed by atoms with E-state index in [0.29, 0.717) is 11.3 Å². The van der Waals surface area contributed by atoms with Crippen LogP contribution in [0.3, 0.4) is 0 Å². The van der Waals surface area contributed by atoms with Gasteiger partial charge in [0.25, 0.3) is 0 Å². The number of hydrogen-bond acceptors (Lipinski definition) is 2. The molecular formula is C19H18O2. The first-order valence-electron chi connectivity index (χ1n) is 7.09. The third kappa shape index (κ3) is 2.27. The maximum absolute atomic E-state index is 12.8. The molecule has 0 fully saturated rings. The Labute approximate surface area is 124 Å². The third-order valence-corrected chi connectivity index (χ3v) is 3.92. The molecule has 2 heteroatoms. The fourth-order valence-corrected chi connectivity index (χ4v) is 2.74. The largest absolute Gasteiger partial charge is 0.452 e. The van der Waals surface area contributed by atoms with Crippen LogP contribution in [0.4, 0.5) is 0 Å². The molecule has 2 aromatic carbocycles. The minimum atomic E-state index is -0.0427. The van der Waals surface area contributed by atoms with E-state index < -0.39 is 0 Å². The van der Waals surface area contributed by atoms with E-state index >= 15 is 0 Å². The predicted octanol–water partition coefficient (Wildman–Crippen LogP) is 4.90. The lowest BCUT2D eigenvalue weighted by molar-refractivity contribution is 0.101. The number of ketones is 1. The number of furan rings is 1. The van der Waals surface area contributed by atoms with E-state index in [4.69, 9.17) is 4.42 Å². The van der Waals surface area contributed by atoms with Gasteiger partial charge >= 0.3 is 0 Å². The van der Waals surface area contributed by atoms with Crippen molar-refractivity contribution in [3.8, 4) is 0 Å². The smallest absolute Gasteiger partial charge is 0.228 e. The molecule has 106 valence electrons. The zero-order valence-corrected chi connectivity index (χ0v) is 12.8. The van der Waals surface area contributed by atoms with E-state index in [1.807, 2.05) is 58.0 Å². The van der Waals surface area contributed by atoms with Gasteiger partial charge < -0.3 is 4.42 Å². The van der Waals surface area contributed by atoms with E-state index in [1.165, 1.54) is 0 Å². The van der Waals surface area contributed by atoms with E-state index in [1.54, 1.807) is 0 Å². The molecule has 0 aliphatic rings. The summed E-state index contributed by atoms with van der Waals surface area (Å²) in [6, 6.07) is 11.8. The molecule has 0 saturated carbocycles. The number of benzene rings is 2.